The van der Waals surface area contributed by atoms with Crippen LogP contribution in [0.5, 0.6) is 0 Å². The van der Waals surface area contributed by atoms with Crippen molar-refractivity contribution in [2.75, 3.05) is 4.90 Å². The van der Waals surface area contributed by atoms with Gasteiger partial charge in [0.25, 0.3) is 0 Å². The van der Waals surface area contributed by atoms with Gasteiger partial charge in [-0.15, -0.1) is 0 Å². The monoisotopic (exact) mass is 664 g/mol. The largest absolute Gasteiger partial charge is 0.456 e. The lowest BCUT2D eigenvalue weighted by Gasteiger charge is -2.34. The third-order valence-electron chi connectivity index (χ3n) is 10.2. The lowest BCUT2D eigenvalue weighted by atomic mass is 9.88. The van der Waals surface area contributed by atoms with Crippen LogP contribution in [0.3, 0.4) is 0 Å². The van der Waals surface area contributed by atoms with Crippen molar-refractivity contribution < 1.29 is 4.42 Å². The number of aromatic nitrogens is 3. The minimum Gasteiger partial charge on any atom is -0.456 e. The molecule has 11 rings (SSSR count). The predicted octanol–water partition coefficient (Wildman–Crippen LogP) is 12.5. The number of hydrogen-bond acceptors (Lipinski definition) is 5. The van der Waals surface area contributed by atoms with Gasteiger partial charge in [-0.1, -0.05) is 127 Å². The number of anilines is 3. The summed E-state index contributed by atoms with van der Waals surface area (Å²) in [6, 6.07) is 59.2. The maximum Gasteiger partial charge on any atom is 0.164 e. The van der Waals surface area contributed by atoms with Crippen LogP contribution in [0.1, 0.15) is 0 Å². The van der Waals surface area contributed by atoms with Crippen molar-refractivity contribution in [1.82, 2.24) is 15.0 Å². The van der Waals surface area contributed by atoms with Crippen molar-refractivity contribution in [3.05, 3.63) is 170 Å². The van der Waals surface area contributed by atoms with E-state index < -0.39 is 0 Å². The van der Waals surface area contributed by atoms with Crippen LogP contribution in [0.4, 0.5) is 17.1 Å². The zero-order chi connectivity index (χ0) is 34.2. The second-order valence-corrected chi connectivity index (χ2v) is 13.2. The number of rotatable bonds is 4. The third kappa shape index (κ3) is 4.33. The van der Waals surface area contributed by atoms with Crippen LogP contribution < -0.4 is 4.90 Å². The molecule has 3 heterocycles. The number of nitrogens with zero attached hydrogens (tertiary/aromatic N) is 4. The average molecular weight is 665 g/mol. The summed E-state index contributed by atoms with van der Waals surface area (Å²) in [6.45, 7) is 0. The summed E-state index contributed by atoms with van der Waals surface area (Å²) in [5.41, 5.74) is 10.3. The van der Waals surface area contributed by atoms with E-state index in [9.17, 15) is 0 Å². The molecule has 0 fully saturated rings. The molecule has 0 saturated heterocycles. The van der Waals surface area contributed by atoms with Gasteiger partial charge in [0.2, 0.25) is 0 Å². The molecule has 8 aromatic carbocycles. The summed E-state index contributed by atoms with van der Waals surface area (Å²) in [4.78, 5) is 17.7. The SMILES string of the molecule is c1ccc(-c2nc(-c3ccc(N4c5c(ccc6ccccc56)-c5cccc6cccc4c56)cc3)nc(-c3cccc4oc5ccccc5c34)n2)cc1. The molecule has 0 N–H and O–H groups in total. The summed E-state index contributed by atoms with van der Waals surface area (Å²) >= 11 is 0. The lowest BCUT2D eigenvalue weighted by molar-refractivity contribution is 0.669. The number of benzene rings is 8. The van der Waals surface area contributed by atoms with E-state index in [1.807, 2.05) is 60.7 Å². The number of hydrogen-bond donors (Lipinski definition) is 0. The Morgan fingerprint density at radius 1 is 0.385 bits per heavy atom. The first-order chi connectivity index (χ1) is 25.8. The number of furan rings is 1. The van der Waals surface area contributed by atoms with E-state index in [-0.39, 0.29) is 0 Å². The Hall–Kier alpha value is -7.11. The topological polar surface area (TPSA) is 55.1 Å². The van der Waals surface area contributed by atoms with Crippen LogP contribution >= 0.6 is 0 Å². The first-order valence-corrected chi connectivity index (χ1v) is 17.5. The maximum atomic E-state index is 6.23. The molecule has 0 radical (unpaired) electrons. The minimum atomic E-state index is 0.602. The fraction of sp³-hybridized carbons (Fsp3) is 0. The van der Waals surface area contributed by atoms with Crippen LogP contribution in [-0.2, 0) is 0 Å². The fourth-order valence-electron chi connectivity index (χ4n) is 7.90. The first kappa shape index (κ1) is 28.7. The van der Waals surface area contributed by atoms with Gasteiger partial charge in [0, 0.05) is 49.5 Å². The molecular formula is C47H28N4O. The molecule has 0 saturated carbocycles. The van der Waals surface area contributed by atoms with E-state index in [4.69, 9.17) is 19.4 Å². The van der Waals surface area contributed by atoms with Gasteiger partial charge in [-0.25, -0.2) is 15.0 Å². The molecule has 1 aliphatic heterocycles. The molecule has 52 heavy (non-hydrogen) atoms. The Kier molecular flexibility index (Phi) is 6.18. The number of para-hydroxylation sites is 1. The Morgan fingerprint density at radius 2 is 1.02 bits per heavy atom. The van der Waals surface area contributed by atoms with E-state index >= 15 is 0 Å². The van der Waals surface area contributed by atoms with Gasteiger partial charge < -0.3 is 9.32 Å². The smallest absolute Gasteiger partial charge is 0.164 e. The maximum absolute atomic E-state index is 6.23. The van der Waals surface area contributed by atoms with Crippen LogP contribution in [0.15, 0.2) is 174 Å². The summed E-state index contributed by atoms with van der Waals surface area (Å²) < 4.78 is 6.23. The van der Waals surface area contributed by atoms with Crippen LogP contribution in [0.2, 0.25) is 0 Å². The molecule has 0 amide bonds. The standard InChI is InChI=1S/C47H28N4O/c1-2-12-31(13-3-1)45-48-46(50-47(49-45)38-19-10-22-41-43(38)37-17-6-7-21-40(37)52-41)32-23-26-33(27-24-32)51-39-20-9-15-30-14-8-18-35(42(30)39)36-28-25-29-11-4-5-16-34(29)44(36)51/h1-28H. The molecule has 2 aromatic heterocycles. The molecular weight excluding hydrogens is 637 g/mol. The van der Waals surface area contributed by atoms with Gasteiger partial charge in [-0.05, 0) is 58.8 Å². The van der Waals surface area contributed by atoms with Crippen molar-refractivity contribution in [2.24, 2.45) is 0 Å². The highest BCUT2D eigenvalue weighted by Crippen LogP contribution is 2.53. The molecule has 10 aromatic rings. The summed E-state index contributed by atoms with van der Waals surface area (Å²) in [5, 5.41) is 6.93. The highest BCUT2D eigenvalue weighted by molar-refractivity contribution is 6.19. The van der Waals surface area contributed by atoms with Crippen molar-refractivity contribution in [3.8, 4) is 45.3 Å². The minimum absolute atomic E-state index is 0.602. The average Bonchev–Trinajstić information content (AvgIpc) is 3.60. The fourth-order valence-corrected chi connectivity index (χ4v) is 7.90. The summed E-state index contributed by atoms with van der Waals surface area (Å²) in [5.74, 6) is 1.83. The van der Waals surface area contributed by atoms with Crippen molar-refractivity contribution in [1.29, 1.82) is 0 Å². The molecule has 0 unspecified atom stereocenters. The van der Waals surface area contributed by atoms with E-state index in [1.165, 1.54) is 44.0 Å². The van der Waals surface area contributed by atoms with Crippen molar-refractivity contribution in [2.45, 2.75) is 0 Å². The molecule has 5 nitrogen and oxygen atoms in total. The van der Waals surface area contributed by atoms with Gasteiger partial charge in [0.1, 0.15) is 11.2 Å². The second kappa shape index (κ2) is 11.2. The quantitative estimate of drug-likeness (QED) is 0.187. The summed E-state index contributed by atoms with van der Waals surface area (Å²) in [6.07, 6.45) is 0. The van der Waals surface area contributed by atoms with Gasteiger partial charge in [0.15, 0.2) is 17.5 Å². The van der Waals surface area contributed by atoms with E-state index in [0.29, 0.717) is 17.5 Å². The zero-order valence-corrected chi connectivity index (χ0v) is 27.9. The highest BCUT2D eigenvalue weighted by Gasteiger charge is 2.28. The highest BCUT2D eigenvalue weighted by atomic mass is 16.3. The summed E-state index contributed by atoms with van der Waals surface area (Å²) in [7, 11) is 0. The van der Waals surface area contributed by atoms with Crippen LogP contribution in [-0.4, -0.2) is 15.0 Å². The zero-order valence-electron chi connectivity index (χ0n) is 27.9. The Balaban J connectivity index is 1.10. The predicted molar refractivity (Wildman–Crippen MR) is 212 cm³/mol. The third-order valence-corrected chi connectivity index (χ3v) is 10.2. The van der Waals surface area contributed by atoms with Crippen molar-refractivity contribution >= 4 is 60.5 Å². The van der Waals surface area contributed by atoms with E-state index in [2.05, 4.69) is 114 Å². The Morgan fingerprint density at radius 3 is 1.87 bits per heavy atom. The normalized spacial score (nSPS) is 12.2. The van der Waals surface area contributed by atoms with Gasteiger partial charge in [0.05, 0.1) is 11.4 Å². The lowest BCUT2D eigenvalue weighted by Crippen LogP contribution is -2.15. The molecule has 0 atom stereocenters. The van der Waals surface area contributed by atoms with E-state index in [0.717, 1.165) is 44.3 Å². The molecule has 5 heteroatoms. The second-order valence-electron chi connectivity index (χ2n) is 13.2. The molecule has 0 bridgehead atoms. The van der Waals surface area contributed by atoms with Crippen LogP contribution in [0.25, 0.3) is 88.8 Å². The number of fused-ring (bicyclic) bond motifs is 7. The van der Waals surface area contributed by atoms with Gasteiger partial charge in [-0.3, -0.25) is 0 Å². The first-order valence-electron chi connectivity index (χ1n) is 17.5. The van der Waals surface area contributed by atoms with E-state index in [1.54, 1.807) is 0 Å². The molecule has 1 aliphatic rings. The molecule has 242 valence electrons. The Labute approximate surface area is 299 Å². The Bertz CT molecular complexity index is 3020. The van der Waals surface area contributed by atoms with Crippen LogP contribution in [0, 0.1) is 0 Å². The molecule has 0 aliphatic carbocycles. The van der Waals surface area contributed by atoms with Gasteiger partial charge in [-0.2, -0.15) is 0 Å². The van der Waals surface area contributed by atoms with Gasteiger partial charge >= 0.3 is 0 Å². The molecule has 0 spiro atoms. The van der Waals surface area contributed by atoms with Crippen molar-refractivity contribution in [3.63, 3.8) is 0 Å².